The van der Waals surface area contributed by atoms with Gasteiger partial charge in [-0.15, -0.1) is 0 Å². The molecule has 0 spiro atoms. The van der Waals surface area contributed by atoms with E-state index in [2.05, 4.69) is 0 Å². The Kier molecular flexibility index (Phi) is 4.31. The Morgan fingerprint density at radius 3 is 2.04 bits per heavy atom. The van der Waals surface area contributed by atoms with E-state index in [0.717, 1.165) is 16.8 Å². The van der Waals surface area contributed by atoms with Crippen LogP contribution >= 0.6 is 0 Å². The van der Waals surface area contributed by atoms with Crippen molar-refractivity contribution in [2.75, 3.05) is 0 Å². The zero-order valence-electron chi connectivity index (χ0n) is 13.8. The largest absolute Gasteiger partial charge is 0.303 e. The Hall–Kier alpha value is -3.12. The molecule has 0 N–H and O–H groups in total. The van der Waals surface area contributed by atoms with Crippen LogP contribution in [0.3, 0.4) is 0 Å². The van der Waals surface area contributed by atoms with Gasteiger partial charge in [-0.05, 0) is 37.1 Å². The lowest BCUT2D eigenvalue weighted by molar-refractivity contribution is 0.765. The molecule has 1 heterocycles. The summed E-state index contributed by atoms with van der Waals surface area (Å²) >= 11 is 0. The van der Waals surface area contributed by atoms with Crippen LogP contribution in [0.5, 0.6) is 0 Å². The zero-order valence-corrected chi connectivity index (χ0v) is 13.8. The van der Waals surface area contributed by atoms with Gasteiger partial charge in [0, 0.05) is 0 Å². The maximum atomic E-state index is 12.7. The number of pyridine rings is 1. The van der Waals surface area contributed by atoms with Crippen molar-refractivity contribution in [3.63, 3.8) is 0 Å². The lowest BCUT2D eigenvalue weighted by atomic mass is 10.1. The first-order valence-electron chi connectivity index (χ1n) is 7.85. The molecular weight excluding hydrogens is 296 g/mol. The molecule has 3 aromatic rings. The van der Waals surface area contributed by atoms with Crippen LogP contribution in [0.15, 0.2) is 65.5 Å². The van der Waals surface area contributed by atoms with Gasteiger partial charge in [0.05, 0.1) is 12.2 Å². The molecule has 0 saturated heterocycles. The maximum absolute atomic E-state index is 12.7. The lowest BCUT2D eigenvalue weighted by Crippen LogP contribution is -2.24. The molecule has 3 nitrogen and oxygen atoms in total. The average molecular weight is 314 g/mol. The Labute approximate surface area is 141 Å². The standard InChI is InChI=1S/C21H18N2O/c1-15-3-7-17(8-4-15)14-23-20(12-11-19(13-22)21(23)24)18-9-5-16(2)6-10-18/h3-12H,14H2,1-2H3. The molecule has 0 atom stereocenters. The average Bonchev–Trinajstić information content (AvgIpc) is 2.59. The number of aromatic nitrogens is 1. The summed E-state index contributed by atoms with van der Waals surface area (Å²) in [6.45, 7) is 4.50. The van der Waals surface area contributed by atoms with Crippen LogP contribution in [0.2, 0.25) is 0 Å². The summed E-state index contributed by atoms with van der Waals surface area (Å²) in [5.74, 6) is 0. The summed E-state index contributed by atoms with van der Waals surface area (Å²) in [5, 5.41) is 9.18. The second kappa shape index (κ2) is 6.55. The third kappa shape index (κ3) is 3.13. The third-order valence-electron chi connectivity index (χ3n) is 4.10. The van der Waals surface area contributed by atoms with E-state index < -0.39 is 0 Å². The van der Waals surface area contributed by atoms with E-state index in [-0.39, 0.29) is 11.1 Å². The Morgan fingerprint density at radius 1 is 0.875 bits per heavy atom. The van der Waals surface area contributed by atoms with Crippen molar-refractivity contribution >= 4 is 0 Å². The first-order valence-corrected chi connectivity index (χ1v) is 7.85. The van der Waals surface area contributed by atoms with Crippen LogP contribution in [0.25, 0.3) is 11.3 Å². The molecule has 0 radical (unpaired) electrons. The first kappa shape index (κ1) is 15.8. The molecule has 0 amide bonds. The third-order valence-corrected chi connectivity index (χ3v) is 4.10. The van der Waals surface area contributed by atoms with Crippen molar-refractivity contribution in [1.82, 2.24) is 4.57 Å². The van der Waals surface area contributed by atoms with Crippen LogP contribution in [-0.4, -0.2) is 4.57 Å². The van der Waals surface area contributed by atoms with E-state index in [1.807, 2.05) is 74.5 Å². The van der Waals surface area contributed by atoms with E-state index in [0.29, 0.717) is 6.54 Å². The van der Waals surface area contributed by atoms with Gasteiger partial charge in [-0.25, -0.2) is 0 Å². The molecular formula is C21H18N2O. The van der Waals surface area contributed by atoms with Crippen molar-refractivity contribution in [1.29, 1.82) is 5.26 Å². The summed E-state index contributed by atoms with van der Waals surface area (Å²) in [5.41, 5.74) is 5.07. The summed E-state index contributed by atoms with van der Waals surface area (Å²) in [4.78, 5) is 12.7. The summed E-state index contributed by atoms with van der Waals surface area (Å²) in [6, 6.07) is 21.6. The van der Waals surface area contributed by atoms with Crippen LogP contribution in [0.4, 0.5) is 0 Å². The monoisotopic (exact) mass is 314 g/mol. The first-order chi connectivity index (χ1) is 11.6. The molecule has 0 aliphatic rings. The Bertz CT molecular complexity index is 959. The quantitative estimate of drug-likeness (QED) is 0.732. The molecule has 24 heavy (non-hydrogen) atoms. The number of hydrogen-bond donors (Lipinski definition) is 0. The highest BCUT2D eigenvalue weighted by Gasteiger charge is 2.11. The molecule has 0 bridgehead atoms. The molecule has 3 rings (SSSR count). The van der Waals surface area contributed by atoms with Crippen LogP contribution in [0.1, 0.15) is 22.3 Å². The highest BCUT2D eigenvalue weighted by Crippen LogP contribution is 2.20. The number of nitrogens with zero attached hydrogens (tertiary/aromatic N) is 2. The van der Waals surface area contributed by atoms with E-state index >= 15 is 0 Å². The SMILES string of the molecule is Cc1ccc(Cn2c(-c3ccc(C)cc3)ccc(C#N)c2=O)cc1. The fourth-order valence-corrected chi connectivity index (χ4v) is 2.67. The normalized spacial score (nSPS) is 10.4. The summed E-state index contributed by atoms with van der Waals surface area (Å²) in [7, 11) is 0. The number of aryl methyl sites for hydroxylation is 2. The van der Waals surface area contributed by atoms with E-state index in [9.17, 15) is 10.1 Å². The lowest BCUT2D eigenvalue weighted by Gasteiger charge is -2.14. The molecule has 0 unspecified atom stereocenters. The molecule has 1 aromatic heterocycles. The number of benzene rings is 2. The maximum Gasteiger partial charge on any atom is 0.269 e. The number of nitriles is 1. The fourth-order valence-electron chi connectivity index (χ4n) is 2.67. The molecule has 0 saturated carbocycles. The molecule has 2 aromatic carbocycles. The minimum Gasteiger partial charge on any atom is -0.303 e. The Balaban J connectivity index is 2.14. The van der Waals surface area contributed by atoms with Gasteiger partial charge in [0.25, 0.3) is 5.56 Å². The van der Waals surface area contributed by atoms with Gasteiger partial charge < -0.3 is 4.57 Å². The van der Waals surface area contributed by atoms with Crippen LogP contribution in [0, 0.1) is 25.2 Å². The minimum absolute atomic E-state index is 0.165. The van der Waals surface area contributed by atoms with Crippen LogP contribution in [-0.2, 0) is 6.54 Å². The Morgan fingerprint density at radius 2 is 1.46 bits per heavy atom. The van der Waals surface area contributed by atoms with Crippen LogP contribution < -0.4 is 5.56 Å². The van der Waals surface area contributed by atoms with Gasteiger partial charge in [0.1, 0.15) is 11.6 Å². The molecule has 3 heteroatoms. The molecule has 118 valence electrons. The van der Waals surface area contributed by atoms with Gasteiger partial charge in [-0.2, -0.15) is 5.26 Å². The molecule has 0 fully saturated rings. The summed E-state index contributed by atoms with van der Waals surface area (Å²) in [6.07, 6.45) is 0. The van der Waals surface area contributed by atoms with Crippen molar-refractivity contribution in [3.05, 3.63) is 93.3 Å². The van der Waals surface area contributed by atoms with Crippen molar-refractivity contribution in [2.45, 2.75) is 20.4 Å². The van der Waals surface area contributed by atoms with Crippen molar-refractivity contribution in [2.24, 2.45) is 0 Å². The van der Waals surface area contributed by atoms with Gasteiger partial charge in [0.15, 0.2) is 0 Å². The highest BCUT2D eigenvalue weighted by atomic mass is 16.1. The van der Waals surface area contributed by atoms with Gasteiger partial charge in [-0.1, -0.05) is 59.7 Å². The predicted molar refractivity (Wildman–Crippen MR) is 95.9 cm³/mol. The smallest absolute Gasteiger partial charge is 0.269 e. The topological polar surface area (TPSA) is 45.8 Å². The fraction of sp³-hybridized carbons (Fsp3) is 0.143. The van der Waals surface area contributed by atoms with Gasteiger partial charge >= 0.3 is 0 Å². The molecule has 0 aliphatic heterocycles. The predicted octanol–water partition coefficient (Wildman–Crippen LogP) is 4.05. The van der Waals surface area contributed by atoms with Crippen molar-refractivity contribution in [3.8, 4) is 17.3 Å². The van der Waals surface area contributed by atoms with E-state index in [4.69, 9.17) is 0 Å². The van der Waals surface area contributed by atoms with E-state index in [1.165, 1.54) is 11.1 Å². The number of rotatable bonds is 3. The highest BCUT2D eigenvalue weighted by molar-refractivity contribution is 5.61. The summed E-state index contributed by atoms with van der Waals surface area (Å²) < 4.78 is 1.67. The van der Waals surface area contributed by atoms with Crippen molar-refractivity contribution < 1.29 is 0 Å². The van der Waals surface area contributed by atoms with E-state index in [1.54, 1.807) is 10.6 Å². The van der Waals surface area contributed by atoms with Gasteiger partial charge in [-0.3, -0.25) is 4.79 Å². The second-order valence-electron chi connectivity index (χ2n) is 5.99. The zero-order chi connectivity index (χ0) is 17.1. The number of hydrogen-bond acceptors (Lipinski definition) is 2. The minimum atomic E-state index is -0.254. The van der Waals surface area contributed by atoms with Gasteiger partial charge in [0.2, 0.25) is 0 Å². The second-order valence-corrected chi connectivity index (χ2v) is 5.99. The molecule has 0 aliphatic carbocycles.